The Morgan fingerprint density at radius 1 is 1.25 bits per heavy atom. The van der Waals surface area contributed by atoms with Gasteiger partial charge in [0.05, 0.1) is 36.0 Å². The molecule has 2 heterocycles. The number of hydrogen-bond donors (Lipinski definition) is 0. The molecular formula is C18H21N3O3. The van der Waals surface area contributed by atoms with E-state index in [0.29, 0.717) is 24.1 Å². The third-order valence-electron chi connectivity index (χ3n) is 5.09. The zero-order valence-electron chi connectivity index (χ0n) is 13.6. The SMILES string of the molecule is O=C(Cn1cnc2ccccc2c1=O)N1CCOC2CCCCC21. The van der Waals surface area contributed by atoms with Gasteiger partial charge in [0.15, 0.2) is 0 Å². The molecule has 1 amide bonds. The van der Waals surface area contributed by atoms with Gasteiger partial charge in [0.1, 0.15) is 6.54 Å². The molecule has 1 aromatic carbocycles. The summed E-state index contributed by atoms with van der Waals surface area (Å²) in [5, 5.41) is 0.547. The minimum absolute atomic E-state index is 0.0191. The number of rotatable bonds is 2. The van der Waals surface area contributed by atoms with Gasteiger partial charge in [0.25, 0.3) is 5.56 Å². The summed E-state index contributed by atoms with van der Waals surface area (Å²) in [7, 11) is 0. The fraction of sp³-hybridized carbons (Fsp3) is 0.500. The average Bonchev–Trinajstić information content (AvgIpc) is 2.63. The minimum atomic E-state index is -0.164. The van der Waals surface area contributed by atoms with Crippen LogP contribution in [0, 0.1) is 0 Å². The number of benzene rings is 1. The summed E-state index contributed by atoms with van der Waals surface area (Å²) in [5.41, 5.74) is 0.493. The van der Waals surface area contributed by atoms with Crippen LogP contribution in [0.4, 0.5) is 0 Å². The van der Waals surface area contributed by atoms with E-state index >= 15 is 0 Å². The second-order valence-electron chi connectivity index (χ2n) is 6.54. The molecule has 4 rings (SSSR count). The molecule has 2 aliphatic rings. The molecule has 2 fully saturated rings. The summed E-state index contributed by atoms with van der Waals surface area (Å²) >= 11 is 0. The van der Waals surface area contributed by atoms with Crippen molar-refractivity contribution >= 4 is 16.8 Å². The Labute approximate surface area is 140 Å². The topological polar surface area (TPSA) is 64.4 Å². The van der Waals surface area contributed by atoms with E-state index in [0.717, 1.165) is 25.7 Å². The monoisotopic (exact) mass is 327 g/mol. The maximum absolute atomic E-state index is 12.8. The van der Waals surface area contributed by atoms with Crippen molar-refractivity contribution in [3.8, 4) is 0 Å². The molecule has 24 heavy (non-hydrogen) atoms. The van der Waals surface area contributed by atoms with Crippen molar-refractivity contribution < 1.29 is 9.53 Å². The van der Waals surface area contributed by atoms with E-state index in [-0.39, 0.29) is 30.2 Å². The Morgan fingerprint density at radius 2 is 2.08 bits per heavy atom. The highest BCUT2D eigenvalue weighted by atomic mass is 16.5. The van der Waals surface area contributed by atoms with Crippen LogP contribution in [0.5, 0.6) is 0 Å². The Morgan fingerprint density at radius 3 is 3.00 bits per heavy atom. The number of morpholine rings is 1. The van der Waals surface area contributed by atoms with E-state index in [1.165, 1.54) is 10.9 Å². The molecule has 6 nitrogen and oxygen atoms in total. The molecule has 1 saturated heterocycles. The lowest BCUT2D eigenvalue weighted by Gasteiger charge is -2.43. The van der Waals surface area contributed by atoms with Crippen LogP contribution < -0.4 is 5.56 Å². The number of carbonyl (C=O) groups is 1. The Balaban J connectivity index is 1.57. The van der Waals surface area contributed by atoms with Gasteiger partial charge >= 0.3 is 0 Å². The van der Waals surface area contributed by atoms with Crippen molar-refractivity contribution in [1.82, 2.24) is 14.5 Å². The molecular weight excluding hydrogens is 306 g/mol. The zero-order chi connectivity index (χ0) is 16.5. The maximum Gasteiger partial charge on any atom is 0.261 e. The van der Waals surface area contributed by atoms with Gasteiger partial charge in [-0.15, -0.1) is 0 Å². The summed E-state index contributed by atoms with van der Waals surface area (Å²) in [6.45, 7) is 1.23. The van der Waals surface area contributed by atoms with Gasteiger partial charge in [-0.05, 0) is 25.0 Å². The number of para-hydroxylation sites is 1. The van der Waals surface area contributed by atoms with Crippen molar-refractivity contribution in [2.24, 2.45) is 0 Å². The van der Waals surface area contributed by atoms with Crippen LogP contribution in [-0.4, -0.2) is 45.7 Å². The van der Waals surface area contributed by atoms with E-state index in [1.54, 1.807) is 12.1 Å². The van der Waals surface area contributed by atoms with Crippen molar-refractivity contribution in [2.75, 3.05) is 13.2 Å². The van der Waals surface area contributed by atoms with E-state index in [1.807, 2.05) is 17.0 Å². The normalized spacial score (nSPS) is 23.9. The highest BCUT2D eigenvalue weighted by molar-refractivity contribution is 5.79. The summed E-state index contributed by atoms with van der Waals surface area (Å²) in [4.78, 5) is 31.6. The maximum atomic E-state index is 12.8. The quantitative estimate of drug-likeness (QED) is 0.840. The molecule has 0 spiro atoms. The predicted molar refractivity (Wildman–Crippen MR) is 89.7 cm³/mol. The van der Waals surface area contributed by atoms with Crippen LogP contribution in [0.15, 0.2) is 35.4 Å². The number of hydrogen-bond acceptors (Lipinski definition) is 4. The number of nitrogens with zero attached hydrogens (tertiary/aromatic N) is 3. The molecule has 1 saturated carbocycles. The molecule has 126 valence electrons. The minimum Gasteiger partial charge on any atom is -0.374 e. The van der Waals surface area contributed by atoms with Crippen LogP contribution in [0.1, 0.15) is 25.7 Å². The van der Waals surface area contributed by atoms with Crippen molar-refractivity contribution in [1.29, 1.82) is 0 Å². The Kier molecular flexibility index (Phi) is 4.06. The average molecular weight is 327 g/mol. The van der Waals surface area contributed by atoms with E-state index in [2.05, 4.69) is 4.98 Å². The van der Waals surface area contributed by atoms with Gasteiger partial charge in [-0.1, -0.05) is 25.0 Å². The smallest absolute Gasteiger partial charge is 0.261 e. The molecule has 2 unspecified atom stereocenters. The molecule has 0 radical (unpaired) electrons. The third-order valence-corrected chi connectivity index (χ3v) is 5.09. The van der Waals surface area contributed by atoms with Gasteiger partial charge in [-0.25, -0.2) is 4.98 Å². The van der Waals surface area contributed by atoms with Crippen LogP contribution in [-0.2, 0) is 16.1 Å². The summed E-state index contributed by atoms with van der Waals surface area (Å²) in [6, 6.07) is 7.37. The fourth-order valence-electron chi connectivity index (χ4n) is 3.86. The standard InChI is InChI=1S/C18H21N3O3/c22-17(21-9-10-24-16-8-4-3-7-15(16)21)11-20-12-19-14-6-2-1-5-13(14)18(20)23/h1-2,5-6,12,15-16H,3-4,7-11H2. The second kappa shape index (κ2) is 6.36. The van der Waals surface area contributed by atoms with Crippen LogP contribution in [0.2, 0.25) is 0 Å². The number of amides is 1. The van der Waals surface area contributed by atoms with Gasteiger partial charge in [0.2, 0.25) is 5.91 Å². The molecule has 2 atom stereocenters. The Hall–Kier alpha value is -2.21. The highest BCUT2D eigenvalue weighted by Gasteiger charge is 2.36. The molecule has 6 heteroatoms. The highest BCUT2D eigenvalue weighted by Crippen LogP contribution is 2.28. The van der Waals surface area contributed by atoms with Gasteiger partial charge in [-0.3, -0.25) is 14.2 Å². The number of ether oxygens (including phenoxy) is 1. The van der Waals surface area contributed by atoms with Crippen LogP contribution in [0.25, 0.3) is 10.9 Å². The van der Waals surface area contributed by atoms with Gasteiger partial charge in [-0.2, -0.15) is 0 Å². The Bertz CT molecular complexity index is 815. The van der Waals surface area contributed by atoms with Crippen molar-refractivity contribution in [3.05, 3.63) is 40.9 Å². The van der Waals surface area contributed by atoms with E-state index in [9.17, 15) is 9.59 Å². The third kappa shape index (κ3) is 2.71. The fourth-order valence-corrected chi connectivity index (χ4v) is 3.86. The van der Waals surface area contributed by atoms with Crippen LogP contribution in [0.3, 0.4) is 0 Å². The molecule has 1 aliphatic heterocycles. The van der Waals surface area contributed by atoms with Gasteiger partial charge < -0.3 is 9.64 Å². The van der Waals surface area contributed by atoms with Crippen molar-refractivity contribution in [3.63, 3.8) is 0 Å². The largest absolute Gasteiger partial charge is 0.374 e. The molecule has 2 aromatic rings. The summed E-state index contributed by atoms with van der Waals surface area (Å²) in [6.07, 6.45) is 5.93. The lowest BCUT2D eigenvalue weighted by molar-refractivity contribution is -0.150. The lowest BCUT2D eigenvalue weighted by Crippen LogP contribution is -2.55. The van der Waals surface area contributed by atoms with E-state index in [4.69, 9.17) is 4.74 Å². The summed E-state index contributed by atoms with van der Waals surface area (Å²) in [5.74, 6) is -0.0191. The molecule has 1 aliphatic carbocycles. The van der Waals surface area contributed by atoms with E-state index < -0.39 is 0 Å². The first-order valence-corrected chi connectivity index (χ1v) is 8.59. The number of carbonyl (C=O) groups excluding carboxylic acids is 1. The summed E-state index contributed by atoms with van der Waals surface area (Å²) < 4.78 is 7.23. The number of aromatic nitrogens is 2. The van der Waals surface area contributed by atoms with Gasteiger partial charge in [0, 0.05) is 6.54 Å². The predicted octanol–water partition coefficient (Wildman–Crippen LogP) is 1.57. The molecule has 1 aromatic heterocycles. The second-order valence-corrected chi connectivity index (χ2v) is 6.54. The first kappa shape index (κ1) is 15.3. The number of fused-ring (bicyclic) bond motifs is 2. The van der Waals surface area contributed by atoms with Crippen LogP contribution >= 0.6 is 0 Å². The zero-order valence-corrected chi connectivity index (χ0v) is 13.6. The lowest BCUT2D eigenvalue weighted by atomic mass is 9.90. The molecule has 0 N–H and O–H groups in total. The van der Waals surface area contributed by atoms with Crippen molar-refractivity contribution in [2.45, 2.75) is 44.4 Å². The molecule has 0 bridgehead atoms. The first-order chi connectivity index (χ1) is 11.7. The first-order valence-electron chi connectivity index (χ1n) is 8.59.